The van der Waals surface area contributed by atoms with Crippen molar-refractivity contribution in [3.63, 3.8) is 0 Å². The molecule has 1 aliphatic heterocycles. The van der Waals surface area contributed by atoms with Gasteiger partial charge in [0.25, 0.3) is 11.1 Å². The van der Waals surface area contributed by atoms with Crippen molar-refractivity contribution in [1.29, 1.82) is 5.26 Å². The first-order valence-electron chi connectivity index (χ1n) is 8.45. The largest absolute Gasteiger partial charge is 0.496 e. The predicted molar refractivity (Wildman–Crippen MR) is 107 cm³/mol. The van der Waals surface area contributed by atoms with Crippen molar-refractivity contribution in [3.8, 4) is 17.6 Å². The van der Waals surface area contributed by atoms with Crippen LogP contribution in [0.1, 0.15) is 22.3 Å². The lowest BCUT2D eigenvalue weighted by atomic mass is 10.1. The van der Waals surface area contributed by atoms with Crippen LogP contribution in [0.15, 0.2) is 41.3 Å². The SMILES string of the molecule is COc1ccc(/C=C2/SC(=O)N(Cc3ccccc3C#N)C2=O)c(OC)c1C. The van der Waals surface area contributed by atoms with E-state index in [4.69, 9.17) is 9.47 Å². The average Bonchev–Trinajstić information content (AvgIpc) is 2.96. The molecule has 0 aliphatic carbocycles. The molecule has 1 heterocycles. The number of amides is 2. The number of benzene rings is 2. The normalized spacial score (nSPS) is 15.1. The Morgan fingerprint density at radius 2 is 1.89 bits per heavy atom. The topological polar surface area (TPSA) is 79.6 Å². The zero-order chi connectivity index (χ0) is 20.3. The fraction of sp³-hybridized carbons (Fsp3) is 0.190. The lowest BCUT2D eigenvalue weighted by Gasteiger charge is -2.14. The van der Waals surface area contributed by atoms with E-state index in [-0.39, 0.29) is 11.8 Å². The maximum absolute atomic E-state index is 12.8. The molecule has 0 radical (unpaired) electrons. The summed E-state index contributed by atoms with van der Waals surface area (Å²) >= 11 is 0.873. The maximum Gasteiger partial charge on any atom is 0.293 e. The zero-order valence-electron chi connectivity index (χ0n) is 15.7. The molecule has 1 saturated heterocycles. The molecule has 0 saturated carbocycles. The molecule has 2 aromatic rings. The molecule has 1 fully saturated rings. The van der Waals surface area contributed by atoms with Crippen molar-refractivity contribution in [2.24, 2.45) is 0 Å². The number of nitrogens with zero attached hydrogens (tertiary/aromatic N) is 2. The number of ether oxygens (including phenoxy) is 2. The summed E-state index contributed by atoms with van der Waals surface area (Å²) in [6.45, 7) is 1.92. The number of nitriles is 1. The van der Waals surface area contributed by atoms with E-state index in [1.165, 1.54) is 0 Å². The highest BCUT2D eigenvalue weighted by Crippen LogP contribution is 2.37. The highest BCUT2D eigenvalue weighted by molar-refractivity contribution is 8.18. The van der Waals surface area contributed by atoms with Gasteiger partial charge in [-0.3, -0.25) is 14.5 Å². The summed E-state index contributed by atoms with van der Waals surface area (Å²) in [4.78, 5) is 26.7. The number of imide groups is 1. The van der Waals surface area contributed by atoms with Crippen molar-refractivity contribution in [2.45, 2.75) is 13.5 Å². The monoisotopic (exact) mass is 394 g/mol. The summed E-state index contributed by atoms with van der Waals surface area (Å²) in [7, 11) is 3.12. The van der Waals surface area contributed by atoms with Crippen LogP contribution in [0.2, 0.25) is 0 Å². The molecule has 142 valence electrons. The smallest absolute Gasteiger partial charge is 0.293 e. The Labute approximate surface area is 167 Å². The lowest BCUT2D eigenvalue weighted by Crippen LogP contribution is -2.27. The third-order valence-electron chi connectivity index (χ3n) is 4.44. The summed E-state index contributed by atoms with van der Waals surface area (Å²) in [6.07, 6.45) is 1.65. The molecule has 6 nitrogen and oxygen atoms in total. The summed E-state index contributed by atoms with van der Waals surface area (Å²) < 4.78 is 10.8. The molecule has 28 heavy (non-hydrogen) atoms. The molecule has 0 spiro atoms. The Morgan fingerprint density at radius 1 is 1.14 bits per heavy atom. The minimum Gasteiger partial charge on any atom is -0.496 e. The van der Waals surface area contributed by atoms with Gasteiger partial charge in [-0.15, -0.1) is 0 Å². The van der Waals surface area contributed by atoms with Crippen LogP contribution in [0.5, 0.6) is 11.5 Å². The third-order valence-corrected chi connectivity index (χ3v) is 5.34. The van der Waals surface area contributed by atoms with Gasteiger partial charge in [0, 0.05) is 11.1 Å². The van der Waals surface area contributed by atoms with Gasteiger partial charge in [-0.1, -0.05) is 18.2 Å². The van der Waals surface area contributed by atoms with Crippen molar-refractivity contribution < 1.29 is 19.1 Å². The molecule has 0 unspecified atom stereocenters. The van der Waals surface area contributed by atoms with Crippen molar-refractivity contribution >= 4 is 29.0 Å². The van der Waals surface area contributed by atoms with E-state index >= 15 is 0 Å². The van der Waals surface area contributed by atoms with Crippen LogP contribution in [-0.2, 0) is 11.3 Å². The standard InChI is InChI=1S/C21H18N2O4S/c1-13-17(26-2)9-8-14(19(13)27-3)10-18-20(24)23(21(25)28-18)12-16-7-5-4-6-15(16)11-22/h4-10H,12H2,1-3H3/b18-10+. The molecular formula is C21H18N2O4S. The van der Waals surface area contributed by atoms with E-state index in [0.717, 1.165) is 22.2 Å². The molecule has 0 bridgehead atoms. The number of thioether (sulfide) groups is 1. The van der Waals surface area contributed by atoms with E-state index in [1.54, 1.807) is 56.7 Å². The van der Waals surface area contributed by atoms with Gasteiger partial charge in [0.2, 0.25) is 0 Å². The van der Waals surface area contributed by atoms with Crippen LogP contribution in [0, 0.1) is 18.3 Å². The van der Waals surface area contributed by atoms with E-state index in [1.807, 2.05) is 6.92 Å². The number of rotatable bonds is 5. The lowest BCUT2D eigenvalue weighted by molar-refractivity contribution is -0.123. The van der Waals surface area contributed by atoms with E-state index in [2.05, 4.69) is 6.07 Å². The minimum absolute atomic E-state index is 0.0600. The Kier molecular flexibility index (Phi) is 5.71. The van der Waals surface area contributed by atoms with Gasteiger partial charge < -0.3 is 9.47 Å². The highest BCUT2D eigenvalue weighted by atomic mass is 32.2. The molecule has 2 aromatic carbocycles. The number of methoxy groups -OCH3 is 2. The maximum atomic E-state index is 12.8. The van der Waals surface area contributed by atoms with E-state index < -0.39 is 5.91 Å². The number of carbonyl (C=O) groups excluding carboxylic acids is 2. The van der Waals surface area contributed by atoms with Gasteiger partial charge in [0.1, 0.15) is 11.5 Å². The third kappa shape index (κ3) is 3.59. The highest BCUT2D eigenvalue weighted by Gasteiger charge is 2.35. The van der Waals surface area contributed by atoms with Gasteiger partial charge in [-0.05, 0) is 48.5 Å². The first-order valence-corrected chi connectivity index (χ1v) is 9.26. The van der Waals surface area contributed by atoms with Crippen molar-refractivity contribution in [3.05, 3.63) is 63.6 Å². The molecule has 0 atom stereocenters. The van der Waals surface area contributed by atoms with Crippen LogP contribution in [0.4, 0.5) is 4.79 Å². The van der Waals surface area contributed by atoms with Gasteiger partial charge in [0.05, 0.1) is 37.3 Å². The van der Waals surface area contributed by atoms with Crippen molar-refractivity contribution in [2.75, 3.05) is 14.2 Å². The summed E-state index contributed by atoms with van der Waals surface area (Å²) in [5, 5.41) is 8.85. The Hall–Kier alpha value is -3.24. The zero-order valence-corrected chi connectivity index (χ0v) is 16.5. The van der Waals surface area contributed by atoms with Crippen LogP contribution in [0.3, 0.4) is 0 Å². The van der Waals surface area contributed by atoms with Gasteiger partial charge in [-0.25, -0.2) is 0 Å². The first kappa shape index (κ1) is 19.5. The fourth-order valence-corrected chi connectivity index (χ4v) is 3.84. The Bertz CT molecular complexity index is 1020. The second-order valence-corrected chi connectivity index (χ2v) is 7.05. The number of hydrogen-bond acceptors (Lipinski definition) is 6. The van der Waals surface area contributed by atoms with E-state index in [0.29, 0.717) is 33.1 Å². The number of hydrogen-bond donors (Lipinski definition) is 0. The predicted octanol–water partition coefficient (Wildman–Crippen LogP) is 4.12. The van der Waals surface area contributed by atoms with Crippen molar-refractivity contribution in [1.82, 2.24) is 4.90 Å². The van der Waals surface area contributed by atoms with Gasteiger partial charge in [0.15, 0.2) is 0 Å². The second kappa shape index (κ2) is 8.19. The van der Waals surface area contributed by atoms with Gasteiger partial charge in [-0.2, -0.15) is 5.26 Å². The minimum atomic E-state index is -0.390. The first-order chi connectivity index (χ1) is 13.5. The Morgan fingerprint density at radius 3 is 2.57 bits per heavy atom. The van der Waals surface area contributed by atoms with Gasteiger partial charge >= 0.3 is 0 Å². The molecular weight excluding hydrogens is 376 g/mol. The molecule has 3 rings (SSSR count). The molecule has 7 heteroatoms. The van der Waals surface area contributed by atoms with E-state index in [9.17, 15) is 14.9 Å². The summed E-state index contributed by atoms with van der Waals surface area (Å²) in [5.74, 6) is 0.870. The Balaban J connectivity index is 1.92. The fourth-order valence-electron chi connectivity index (χ4n) is 3.02. The van der Waals surface area contributed by atoms with Crippen LogP contribution in [-0.4, -0.2) is 30.3 Å². The van der Waals surface area contributed by atoms with Crippen LogP contribution >= 0.6 is 11.8 Å². The molecule has 1 aliphatic rings. The average molecular weight is 394 g/mol. The number of carbonyl (C=O) groups is 2. The summed E-state index contributed by atoms with van der Waals surface area (Å²) in [5.41, 5.74) is 2.56. The van der Waals surface area contributed by atoms with Crippen LogP contribution in [0.25, 0.3) is 6.08 Å². The summed E-state index contributed by atoms with van der Waals surface area (Å²) in [6, 6.07) is 12.6. The molecule has 0 N–H and O–H groups in total. The quantitative estimate of drug-likeness (QED) is 0.710. The molecule has 2 amide bonds. The molecule has 0 aromatic heterocycles. The van der Waals surface area contributed by atoms with Crippen LogP contribution < -0.4 is 9.47 Å². The second-order valence-electron chi connectivity index (χ2n) is 6.05.